The van der Waals surface area contributed by atoms with Crippen LogP contribution in [0.5, 0.6) is 5.75 Å². The predicted molar refractivity (Wildman–Crippen MR) is 94.3 cm³/mol. The molecule has 1 fully saturated rings. The van der Waals surface area contributed by atoms with Crippen molar-refractivity contribution in [1.29, 1.82) is 0 Å². The molecule has 24 heavy (non-hydrogen) atoms. The van der Waals surface area contributed by atoms with E-state index in [1.54, 1.807) is 6.07 Å². The van der Waals surface area contributed by atoms with Crippen molar-refractivity contribution < 1.29 is 30.5 Å². The number of hydrogen-bond donors (Lipinski definition) is 0. The Hall–Kier alpha value is -0.197. The van der Waals surface area contributed by atoms with E-state index in [0.29, 0.717) is 13.0 Å². The minimum atomic E-state index is -3.52. The van der Waals surface area contributed by atoms with Crippen LogP contribution in [0.3, 0.4) is 0 Å². The normalized spacial score (nSPS) is 22.4. The number of fused-ring (bicyclic) bond motifs is 1. The summed E-state index contributed by atoms with van der Waals surface area (Å²) < 4.78 is 33.9. The van der Waals surface area contributed by atoms with Gasteiger partial charge in [0.2, 0.25) is 0 Å². The number of benzene rings is 1. The summed E-state index contributed by atoms with van der Waals surface area (Å²) in [5.41, 5.74) is 9.73. The van der Waals surface area contributed by atoms with Gasteiger partial charge in [0.1, 0.15) is 5.75 Å². The van der Waals surface area contributed by atoms with E-state index in [4.69, 9.17) is 10.5 Å². The molecule has 0 bridgehead atoms. The van der Waals surface area contributed by atoms with Gasteiger partial charge in [0, 0.05) is 6.42 Å². The average Bonchev–Trinajstić information content (AvgIpc) is 2.98. The first-order chi connectivity index (χ1) is 11.0. The maximum atomic E-state index is 12.2. The second kappa shape index (κ2) is 10.1. The quantitative estimate of drug-likeness (QED) is 0.496. The smallest absolute Gasteiger partial charge is 0.122 e. The van der Waals surface area contributed by atoms with Gasteiger partial charge in [-0.05, 0) is 17.2 Å². The van der Waals surface area contributed by atoms with Gasteiger partial charge in [-0.2, -0.15) is 6.04 Å². The predicted octanol–water partition coefficient (Wildman–Crippen LogP) is 4.33. The molecule has 136 valence electrons. The van der Waals surface area contributed by atoms with E-state index in [-0.39, 0.29) is 25.3 Å². The minimum Gasteiger partial charge on any atom is -0.676 e. The summed E-state index contributed by atoms with van der Waals surface area (Å²) in [5, 5.41) is 0. The van der Waals surface area contributed by atoms with E-state index in [0.717, 1.165) is 42.6 Å². The van der Waals surface area contributed by atoms with Crippen molar-refractivity contribution in [3.63, 3.8) is 0 Å². The first kappa shape index (κ1) is 21.8. The zero-order valence-corrected chi connectivity index (χ0v) is 17.0. The Morgan fingerprint density at radius 1 is 1.29 bits per heavy atom. The SMILES string of the molecule is [CH3-].[Cl][Ru+3].[NH-]C1CCCCC1[N-]S(=O)(=O)Cc1ccc2c(c1)CCO2. The summed E-state index contributed by atoms with van der Waals surface area (Å²) in [7, 11) is 1.05. The molecule has 1 aliphatic carbocycles. The van der Waals surface area contributed by atoms with Gasteiger partial charge in [0.25, 0.3) is 0 Å². The molecule has 1 aliphatic heterocycles. The van der Waals surface area contributed by atoms with Crippen LogP contribution in [0, 0.1) is 7.43 Å². The number of nitrogens with one attached hydrogen (secondary N) is 1. The molecule has 1 aromatic rings. The Balaban J connectivity index is 0.000000925. The van der Waals surface area contributed by atoms with E-state index >= 15 is 0 Å². The second-order valence-corrected chi connectivity index (χ2v) is 7.49. The van der Waals surface area contributed by atoms with Crippen molar-refractivity contribution >= 4 is 19.7 Å². The van der Waals surface area contributed by atoms with E-state index in [1.165, 1.54) is 0 Å². The van der Waals surface area contributed by atoms with E-state index in [2.05, 4.69) is 14.4 Å². The summed E-state index contributed by atoms with van der Waals surface area (Å²) >= 11 is 1.82. The summed E-state index contributed by atoms with van der Waals surface area (Å²) in [5.74, 6) is 0.773. The van der Waals surface area contributed by atoms with Crippen LogP contribution in [0.15, 0.2) is 18.2 Å². The van der Waals surface area contributed by atoms with Crippen LogP contribution in [-0.2, 0) is 39.5 Å². The van der Waals surface area contributed by atoms with Crippen LogP contribution in [0.1, 0.15) is 36.8 Å². The number of nitrogens with zero attached hydrogens (tertiary/aromatic N) is 1. The molecule has 2 atom stereocenters. The van der Waals surface area contributed by atoms with Crippen molar-refractivity contribution in [2.24, 2.45) is 0 Å². The molecular formula is C16H23ClN2O3RuS. The zero-order valence-electron chi connectivity index (χ0n) is 13.6. The number of rotatable bonds is 4. The Labute approximate surface area is 159 Å². The van der Waals surface area contributed by atoms with Crippen molar-refractivity contribution in [2.75, 3.05) is 6.61 Å². The Morgan fingerprint density at radius 2 is 2.00 bits per heavy atom. The first-order valence-corrected chi connectivity index (χ1v) is 11.4. The summed E-state index contributed by atoms with van der Waals surface area (Å²) in [4.78, 5) is 0. The number of ether oxygens (including phenoxy) is 1. The summed E-state index contributed by atoms with van der Waals surface area (Å²) in [6, 6.07) is 4.79. The molecule has 2 aliphatic rings. The topological polar surface area (TPSA) is 81.3 Å². The van der Waals surface area contributed by atoms with Gasteiger partial charge in [-0.15, -0.1) is 6.04 Å². The Bertz CT molecular complexity index is 628. The van der Waals surface area contributed by atoms with Crippen LogP contribution >= 0.6 is 9.69 Å². The molecule has 2 unspecified atom stereocenters. The van der Waals surface area contributed by atoms with E-state index in [1.807, 2.05) is 29.4 Å². The van der Waals surface area contributed by atoms with Crippen LogP contribution < -0.4 is 4.74 Å². The molecule has 8 heteroatoms. The fourth-order valence-electron chi connectivity index (χ4n) is 3.02. The van der Waals surface area contributed by atoms with Crippen molar-refractivity contribution in [3.05, 3.63) is 47.2 Å². The van der Waals surface area contributed by atoms with Gasteiger partial charge in [0.05, 0.1) is 22.4 Å². The van der Waals surface area contributed by atoms with Crippen LogP contribution in [0.25, 0.3) is 10.5 Å². The molecule has 0 saturated heterocycles. The largest absolute Gasteiger partial charge is 0.676 e. The van der Waals surface area contributed by atoms with Gasteiger partial charge < -0.3 is 22.6 Å². The van der Waals surface area contributed by atoms with Gasteiger partial charge in [-0.1, -0.05) is 37.8 Å². The maximum Gasteiger partial charge on any atom is 0.122 e. The van der Waals surface area contributed by atoms with E-state index in [9.17, 15) is 8.42 Å². The molecule has 0 amide bonds. The fraction of sp³-hybridized carbons (Fsp3) is 0.562. The molecule has 1 heterocycles. The van der Waals surface area contributed by atoms with Gasteiger partial charge in [0.15, 0.2) is 0 Å². The molecule has 1 N–H and O–H groups in total. The van der Waals surface area contributed by atoms with Crippen LogP contribution in [0.2, 0.25) is 0 Å². The maximum absolute atomic E-state index is 12.2. The van der Waals surface area contributed by atoms with Gasteiger partial charge >= 0.3 is 27.0 Å². The summed E-state index contributed by atoms with van der Waals surface area (Å²) in [6.07, 6.45) is 4.27. The third-order valence-corrected chi connectivity index (χ3v) is 5.42. The Morgan fingerprint density at radius 3 is 2.71 bits per heavy atom. The molecule has 3 rings (SSSR count). The average molecular weight is 460 g/mol. The third kappa shape index (κ3) is 5.96. The molecule has 1 saturated carbocycles. The van der Waals surface area contributed by atoms with Crippen LogP contribution in [-0.4, -0.2) is 27.1 Å². The Kier molecular flexibility index (Phi) is 9.17. The van der Waals surface area contributed by atoms with Crippen molar-refractivity contribution in [2.45, 2.75) is 49.9 Å². The number of sulfonamides is 1. The number of hydrogen-bond acceptors (Lipinski definition) is 3. The van der Waals surface area contributed by atoms with Gasteiger partial charge in [-0.3, -0.25) is 0 Å². The first-order valence-electron chi connectivity index (χ1n) is 7.57. The standard InChI is InChI=1S/C15H20N2O3S.CH3.ClH.Ru/c16-13-3-1-2-4-14(13)17-21(18,19)10-11-5-6-15-12(9-11)7-8-20-15;;;/h5-6,9,13-14,16H,1-4,7-8,10H2;1H3;1H;/q-2;-1;;+4/p-1. The zero-order chi connectivity index (χ0) is 16.9. The monoisotopic (exact) mass is 460 g/mol. The molecule has 0 aromatic heterocycles. The van der Waals surface area contributed by atoms with Crippen molar-refractivity contribution in [1.82, 2.24) is 0 Å². The minimum absolute atomic E-state index is 0. The molecule has 0 radical (unpaired) electrons. The van der Waals surface area contributed by atoms with Crippen molar-refractivity contribution in [3.8, 4) is 5.75 Å². The van der Waals surface area contributed by atoms with Gasteiger partial charge in [-0.25, -0.2) is 8.42 Å². The molecule has 1 aromatic carbocycles. The number of halogens is 1. The second-order valence-electron chi connectivity index (χ2n) is 5.83. The molecular weight excluding hydrogens is 437 g/mol. The van der Waals surface area contributed by atoms with E-state index < -0.39 is 10.0 Å². The van der Waals surface area contributed by atoms with Crippen LogP contribution in [0.4, 0.5) is 0 Å². The third-order valence-electron chi connectivity index (χ3n) is 4.13. The molecule has 5 nitrogen and oxygen atoms in total. The molecule has 0 spiro atoms. The summed E-state index contributed by atoms with van der Waals surface area (Å²) in [6.45, 7) is 0.665. The fourth-order valence-corrected chi connectivity index (χ4v) is 4.36.